The van der Waals surface area contributed by atoms with Gasteiger partial charge in [0.15, 0.2) is 0 Å². The molecule has 0 spiro atoms. The molecule has 100 valence electrons. The molecule has 0 radical (unpaired) electrons. The van der Waals surface area contributed by atoms with E-state index in [1.165, 1.54) is 16.0 Å². The van der Waals surface area contributed by atoms with Gasteiger partial charge in [0.25, 0.3) is 0 Å². The third-order valence-electron chi connectivity index (χ3n) is 2.66. The first kappa shape index (κ1) is 15.1. The fourth-order valence-electron chi connectivity index (χ4n) is 1.55. The monoisotopic (exact) mass is 266 g/mol. The first-order chi connectivity index (χ1) is 8.63. The minimum Gasteiger partial charge on any atom is -0.355 e. The number of carbonyl (C=O) groups excluding carboxylic acids is 1. The summed E-state index contributed by atoms with van der Waals surface area (Å²) < 4.78 is 0. The topological polar surface area (TPSA) is 55.1 Å². The zero-order valence-electron chi connectivity index (χ0n) is 11.2. The molecular weight excluding hydrogens is 244 g/mol. The fraction of sp³-hybridized carbons (Fsp3) is 0.500. The first-order valence-corrected chi connectivity index (χ1v) is 7.29. The van der Waals surface area contributed by atoms with Crippen molar-refractivity contribution in [2.45, 2.75) is 31.6 Å². The maximum absolute atomic E-state index is 11.6. The number of benzene rings is 1. The molecule has 0 aromatic heterocycles. The highest BCUT2D eigenvalue weighted by molar-refractivity contribution is 8.00. The van der Waals surface area contributed by atoms with Gasteiger partial charge in [-0.15, -0.1) is 11.8 Å². The Balaban J connectivity index is 2.31. The maximum Gasteiger partial charge on any atom is 0.230 e. The predicted molar refractivity (Wildman–Crippen MR) is 77.9 cm³/mol. The molecule has 0 unspecified atom stereocenters. The van der Waals surface area contributed by atoms with Crippen LogP contribution in [0.3, 0.4) is 0 Å². The van der Waals surface area contributed by atoms with Gasteiger partial charge in [0, 0.05) is 11.4 Å². The normalized spacial score (nSPS) is 10.4. The van der Waals surface area contributed by atoms with Gasteiger partial charge in [-0.25, -0.2) is 0 Å². The lowest BCUT2D eigenvalue weighted by molar-refractivity contribution is -0.118. The van der Waals surface area contributed by atoms with Crippen molar-refractivity contribution >= 4 is 17.7 Å². The highest BCUT2D eigenvalue weighted by Gasteiger charge is 2.04. The molecule has 1 aromatic rings. The molecule has 3 N–H and O–H groups in total. The van der Waals surface area contributed by atoms with Crippen molar-refractivity contribution in [3.05, 3.63) is 29.3 Å². The van der Waals surface area contributed by atoms with Gasteiger partial charge in [-0.1, -0.05) is 17.7 Å². The molecule has 0 atom stereocenters. The van der Waals surface area contributed by atoms with E-state index in [9.17, 15) is 4.79 Å². The van der Waals surface area contributed by atoms with E-state index in [0.29, 0.717) is 12.3 Å². The van der Waals surface area contributed by atoms with Crippen LogP contribution in [0.4, 0.5) is 0 Å². The van der Waals surface area contributed by atoms with E-state index in [1.807, 2.05) is 0 Å². The van der Waals surface area contributed by atoms with Crippen LogP contribution >= 0.6 is 11.8 Å². The highest BCUT2D eigenvalue weighted by atomic mass is 32.2. The molecule has 3 nitrogen and oxygen atoms in total. The van der Waals surface area contributed by atoms with E-state index in [-0.39, 0.29) is 5.91 Å². The van der Waals surface area contributed by atoms with Crippen LogP contribution in [0, 0.1) is 13.8 Å². The van der Waals surface area contributed by atoms with Gasteiger partial charge < -0.3 is 11.1 Å². The molecule has 0 aliphatic heterocycles. The summed E-state index contributed by atoms with van der Waals surface area (Å²) in [6.07, 6.45) is 1.92. The lowest BCUT2D eigenvalue weighted by Crippen LogP contribution is -2.26. The van der Waals surface area contributed by atoms with Crippen molar-refractivity contribution < 1.29 is 4.79 Å². The van der Waals surface area contributed by atoms with E-state index >= 15 is 0 Å². The number of hydrogen-bond acceptors (Lipinski definition) is 3. The molecule has 0 fully saturated rings. The number of aryl methyl sites for hydroxylation is 2. The Morgan fingerprint density at radius 1 is 1.33 bits per heavy atom. The fourth-order valence-corrected chi connectivity index (χ4v) is 2.51. The van der Waals surface area contributed by atoms with Crippen LogP contribution in [-0.4, -0.2) is 24.7 Å². The minimum absolute atomic E-state index is 0.0953. The Hall–Kier alpha value is -1.00. The molecule has 0 aliphatic carbocycles. The summed E-state index contributed by atoms with van der Waals surface area (Å²) in [4.78, 5) is 12.8. The molecular formula is C14H22N2OS. The van der Waals surface area contributed by atoms with Crippen molar-refractivity contribution in [3.63, 3.8) is 0 Å². The van der Waals surface area contributed by atoms with E-state index in [0.717, 1.165) is 19.4 Å². The van der Waals surface area contributed by atoms with E-state index in [4.69, 9.17) is 5.73 Å². The number of carbonyl (C=O) groups is 1. The summed E-state index contributed by atoms with van der Waals surface area (Å²) >= 11 is 1.60. The van der Waals surface area contributed by atoms with E-state index in [2.05, 4.69) is 37.4 Å². The van der Waals surface area contributed by atoms with Crippen molar-refractivity contribution in [2.75, 3.05) is 18.8 Å². The van der Waals surface area contributed by atoms with Crippen molar-refractivity contribution in [2.24, 2.45) is 5.73 Å². The lowest BCUT2D eigenvalue weighted by Gasteiger charge is -2.07. The molecule has 0 saturated carbocycles. The molecule has 0 aliphatic rings. The molecule has 4 heteroatoms. The molecule has 1 aromatic carbocycles. The smallest absolute Gasteiger partial charge is 0.230 e. The summed E-state index contributed by atoms with van der Waals surface area (Å²) in [5.41, 5.74) is 7.85. The molecule has 0 heterocycles. The van der Waals surface area contributed by atoms with E-state index in [1.54, 1.807) is 11.8 Å². The van der Waals surface area contributed by atoms with Crippen molar-refractivity contribution in [3.8, 4) is 0 Å². The summed E-state index contributed by atoms with van der Waals surface area (Å²) in [5, 5.41) is 2.91. The van der Waals surface area contributed by atoms with Gasteiger partial charge in [0.2, 0.25) is 5.91 Å². The number of hydrogen-bond donors (Lipinski definition) is 2. The second kappa shape index (κ2) is 8.16. The summed E-state index contributed by atoms with van der Waals surface area (Å²) in [7, 11) is 0. The average molecular weight is 266 g/mol. The van der Waals surface area contributed by atoms with Gasteiger partial charge in [-0.05, 0) is 44.9 Å². The van der Waals surface area contributed by atoms with E-state index < -0.39 is 0 Å². The van der Waals surface area contributed by atoms with Crippen LogP contribution in [0.2, 0.25) is 0 Å². The quantitative estimate of drug-likeness (QED) is 0.588. The number of amides is 1. The molecule has 1 amide bonds. The Kier molecular flexibility index (Phi) is 6.83. The predicted octanol–water partition coefficient (Wildman–Crippen LogP) is 2.25. The van der Waals surface area contributed by atoms with Gasteiger partial charge in [-0.3, -0.25) is 4.79 Å². The van der Waals surface area contributed by atoms with Crippen molar-refractivity contribution in [1.29, 1.82) is 0 Å². The zero-order valence-corrected chi connectivity index (χ0v) is 12.0. The van der Waals surface area contributed by atoms with Gasteiger partial charge in [-0.2, -0.15) is 0 Å². The second-order valence-electron chi connectivity index (χ2n) is 4.40. The van der Waals surface area contributed by atoms with Crippen LogP contribution < -0.4 is 11.1 Å². The van der Waals surface area contributed by atoms with Crippen LogP contribution in [0.15, 0.2) is 23.1 Å². The maximum atomic E-state index is 11.6. The van der Waals surface area contributed by atoms with Crippen LogP contribution in [0.1, 0.15) is 24.0 Å². The Bertz CT molecular complexity index is 393. The largest absolute Gasteiger partial charge is 0.355 e. The Labute approximate surface area is 114 Å². The Morgan fingerprint density at radius 3 is 2.83 bits per heavy atom. The third-order valence-corrected chi connectivity index (χ3v) is 3.81. The average Bonchev–Trinajstić information content (AvgIpc) is 2.36. The molecule has 1 rings (SSSR count). The second-order valence-corrected chi connectivity index (χ2v) is 5.42. The van der Waals surface area contributed by atoms with Gasteiger partial charge in [0.05, 0.1) is 5.75 Å². The van der Waals surface area contributed by atoms with Crippen LogP contribution in [0.25, 0.3) is 0 Å². The van der Waals surface area contributed by atoms with Crippen LogP contribution in [-0.2, 0) is 4.79 Å². The summed E-state index contributed by atoms with van der Waals surface area (Å²) in [5.74, 6) is 0.574. The number of nitrogens with one attached hydrogen (secondary N) is 1. The minimum atomic E-state index is 0.0953. The molecule has 18 heavy (non-hydrogen) atoms. The van der Waals surface area contributed by atoms with Crippen molar-refractivity contribution in [1.82, 2.24) is 5.32 Å². The lowest BCUT2D eigenvalue weighted by atomic mass is 10.2. The molecule has 0 saturated heterocycles. The summed E-state index contributed by atoms with van der Waals surface area (Å²) in [6, 6.07) is 6.31. The number of unbranched alkanes of at least 4 members (excludes halogenated alkanes) is 1. The first-order valence-electron chi connectivity index (χ1n) is 6.30. The highest BCUT2D eigenvalue weighted by Crippen LogP contribution is 2.23. The number of thioether (sulfide) groups is 1. The van der Waals surface area contributed by atoms with Crippen LogP contribution in [0.5, 0.6) is 0 Å². The van der Waals surface area contributed by atoms with Gasteiger partial charge in [0.1, 0.15) is 0 Å². The number of nitrogens with two attached hydrogens (primary N) is 1. The third kappa shape index (κ3) is 5.56. The molecule has 0 bridgehead atoms. The number of rotatable bonds is 7. The zero-order chi connectivity index (χ0) is 13.4. The Morgan fingerprint density at radius 2 is 2.11 bits per heavy atom. The SMILES string of the molecule is Cc1ccc(C)c(SCC(=O)NCCCCN)c1. The summed E-state index contributed by atoms with van der Waals surface area (Å²) in [6.45, 7) is 5.55. The standard InChI is InChI=1S/C14H22N2OS/c1-11-5-6-12(2)13(9-11)18-10-14(17)16-8-4-3-7-15/h5-6,9H,3-4,7-8,10,15H2,1-2H3,(H,16,17). The van der Waals surface area contributed by atoms with Gasteiger partial charge >= 0.3 is 0 Å².